The first-order chi connectivity index (χ1) is 21.7. The molecule has 5 aromatic carbocycles. The number of morpholine rings is 1. The van der Waals surface area contributed by atoms with Gasteiger partial charge in [0.05, 0.1) is 13.2 Å². The number of ether oxygens (including phenoxy) is 2. The Bertz CT molecular complexity index is 1940. The first-order valence-corrected chi connectivity index (χ1v) is 15.9. The number of benzene rings is 5. The molecule has 3 nitrogen and oxygen atoms in total. The van der Waals surface area contributed by atoms with Crippen LogP contribution in [0.4, 0.5) is 10.1 Å². The molecule has 1 saturated heterocycles. The lowest BCUT2D eigenvalue weighted by Gasteiger charge is -2.39. The molecule has 1 spiro atoms. The molecule has 0 aromatic heterocycles. The molecule has 0 N–H and O–H groups in total. The van der Waals surface area contributed by atoms with Gasteiger partial charge in [-0.2, -0.15) is 0 Å². The number of hydrogen-bond acceptors (Lipinski definition) is 3. The van der Waals surface area contributed by atoms with Crippen molar-refractivity contribution in [3.63, 3.8) is 0 Å². The average Bonchev–Trinajstić information content (AvgIpc) is 3.69. The summed E-state index contributed by atoms with van der Waals surface area (Å²) in [5.41, 5.74) is 8.45. The van der Waals surface area contributed by atoms with Gasteiger partial charge in [0.2, 0.25) is 0 Å². The smallest absolute Gasteiger partial charge is 0.178 e. The van der Waals surface area contributed by atoms with E-state index in [0.717, 1.165) is 85.4 Å². The van der Waals surface area contributed by atoms with Gasteiger partial charge in [-0.3, -0.25) is 0 Å². The minimum absolute atomic E-state index is 0.156. The highest BCUT2D eigenvalue weighted by molar-refractivity contribution is 6.08. The van der Waals surface area contributed by atoms with Crippen LogP contribution in [0.3, 0.4) is 0 Å². The fourth-order valence-electron chi connectivity index (χ4n) is 8.54. The number of rotatable bonds is 3. The molecule has 1 saturated carbocycles. The molecule has 2 aliphatic carbocycles. The summed E-state index contributed by atoms with van der Waals surface area (Å²) in [7, 11) is 0. The maximum absolute atomic E-state index is 14.9. The minimum Gasteiger partial charge on any atom is -0.472 e. The van der Waals surface area contributed by atoms with Crippen LogP contribution in [0.2, 0.25) is 0 Å². The third kappa shape index (κ3) is 3.64. The number of anilines is 1. The van der Waals surface area contributed by atoms with E-state index in [1.165, 1.54) is 27.8 Å². The van der Waals surface area contributed by atoms with Crippen LogP contribution >= 0.6 is 0 Å². The summed E-state index contributed by atoms with van der Waals surface area (Å²) < 4.78 is 27.9. The fraction of sp³-hybridized carbons (Fsp3) is 0.250. The Hall–Kier alpha value is -4.41. The van der Waals surface area contributed by atoms with Crippen molar-refractivity contribution in [1.82, 2.24) is 0 Å². The zero-order chi connectivity index (χ0) is 29.3. The van der Waals surface area contributed by atoms with E-state index in [2.05, 4.69) is 95.9 Å². The van der Waals surface area contributed by atoms with Crippen molar-refractivity contribution in [2.45, 2.75) is 36.7 Å². The van der Waals surface area contributed by atoms with Gasteiger partial charge in [-0.05, 0) is 70.8 Å². The van der Waals surface area contributed by atoms with Gasteiger partial charge >= 0.3 is 0 Å². The van der Waals surface area contributed by atoms with Crippen LogP contribution in [0, 0.1) is 5.82 Å². The number of hydrogen-bond donors (Lipinski definition) is 0. The van der Waals surface area contributed by atoms with E-state index in [4.69, 9.17) is 9.47 Å². The molecule has 218 valence electrons. The van der Waals surface area contributed by atoms with Crippen molar-refractivity contribution in [2.75, 3.05) is 31.2 Å². The SMILES string of the molecule is Fc1ccc2c(c1)C1(CCCC1)c1c3c(c4ccccc4c1-2)OC(c1ccccc1)(c1ccc(N2CCOCC2)cc1)C=C3. The van der Waals surface area contributed by atoms with Crippen molar-refractivity contribution < 1.29 is 13.9 Å². The monoisotopic (exact) mass is 579 g/mol. The lowest BCUT2D eigenvalue weighted by Crippen LogP contribution is -2.37. The summed E-state index contributed by atoms with van der Waals surface area (Å²) in [6.45, 7) is 3.32. The molecule has 0 radical (unpaired) electrons. The van der Waals surface area contributed by atoms with Gasteiger partial charge in [-0.1, -0.05) is 91.7 Å². The van der Waals surface area contributed by atoms with Crippen LogP contribution < -0.4 is 9.64 Å². The summed E-state index contributed by atoms with van der Waals surface area (Å²) in [6.07, 6.45) is 8.92. The third-order valence-electron chi connectivity index (χ3n) is 10.5. The molecule has 0 amide bonds. The van der Waals surface area contributed by atoms with Gasteiger partial charge in [0.25, 0.3) is 0 Å². The van der Waals surface area contributed by atoms with Crippen LogP contribution in [0.1, 0.15) is 53.5 Å². The lowest BCUT2D eigenvalue weighted by atomic mass is 9.73. The van der Waals surface area contributed by atoms with Crippen LogP contribution in [0.15, 0.2) is 103 Å². The van der Waals surface area contributed by atoms with E-state index in [-0.39, 0.29) is 11.2 Å². The van der Waals surface area contributed by atoms with Crippen LogP contribution in [0.25, 0.3) is 28.0 Å². The number of halogens is 1. The summed E-state index contributed by atoms with van der Waals surface area (Å²) in [5.74, 6) is 0.763. The molecule has 9 rings (SSSR count). The predicted octanol–water partition coefficient (Wildman–Crippen LogP) is 9.01. The topological polar surface area (TPSA) is 21.7 Å². The van der Waals surface area contributed by atoms with E-state index >= 15 is 0 Å². The molecule has 44 heavy (non-hydrogen) atoms. The number of fused-ring (bicyclic) bond motifs is 10. The third-order valence-corrected chi connectivity index (χ3v) is 10.5. The fourth-order valence-corrected chi connectivity index (χ4v) is 8.54. The zero-order valence-corrected chi connectivity index (χ0v) is 24.7. The van der Waals surface area contributed by atoms with E-state index in [1.54, 1.807) is 12.1 Å². The quantitative estimate of drug-likeness (QED) is 0.213. The first kappa shape index (κ1) is 26.0. The van der Waals surface area contributed by atoms with Crippen molar-refractivity contribution in [3.05, 3.63) is 137 Å². The van der Waals surface area contributed by atoms with Gasteiger partial charge in [0.1, 0.15) is 11.6 Å². The summed E-state index contributed by atoms with van der Waals surface area (Å²) in [4.78, 5) is 2.38. The summed E-state index contributed by atoms with van der Waals surface area (Å²) >= 11 is 0. The average molecular weight is 580 g/mol. The van der Waals surface area contributed by atoms with Gasteiger partial charge in [0, 0.05) is 46.3 Å². The van der Waals surface area contributed by atoms with Crippen LogP contribution in [-0.2, 0) is 15.8 Å². The Labute approximate surface area is 257 Å². The molecule has 0 bridgehead atoms. The Morgan fingerprint density at radius 1 is 0.727 bits per heavy atom. The zero-order valence-electron chi connectivity index (χ0n) is 24.7. The minimum atomic E-state index is -0.796. The van der Waals surface area contributed by atoms with Crippen molar-refractivity contribution >= 4 is 22.5 Å². The van der Waals surface area contributed by atoms with Crippen molar-refractivity contribution in [3.8, 4) is 16.9 Å². The highest BCUT2D eigenvalue weighted by Gasteiger charge is 2.49. The van der Waals surface area contributed by atoms with E-state index < -0.39 is 5.60 Å². The molecule has 2 heterocycles. The maximum Gasteiger partial charge on any atom is 0.178 e. The van der Waals surface area contributed by atoms with E-state index in [1.807, 2.05) is 6.07 Å². The Morgan fingerprint density at radius 2 is 1.43 bits per heavy atom. The summed E-state index contributed by atoms with van der Waals surface area (Å²) in [5, 5.41) is 2.28. The molecule has 4 aliphatic rings. The lowest BCUT2D eigenvalue weighted by molar-refractivity contribution is 0.122. The first-order valence-electron chi connectivity index (χ1n) is 15.9. The van der Waals surface area contributed by atoms with Crippen molar-refractivity contribution in [1.29, 1.82) is 0 Å². The predicted molar refractivity (Wildman–Crippen MR) is 175 cm³/mol. The Balaban J connectivity index is 1.27. The van der Waals surface area contributed by atoms with Crippen LogP contribution in [-0.4, -0.2) is 26.3 Å². The number of nitrogens with zero attached hydrogens (tertiary/aromatic N) is 1. The second-order valence-corrected chi connectivity index (χ2v) is 12.7. The molecule has 5 aromatic rings. The molecular weight excluding hydrogens is 545 g/mol. The van der Waals surface area contributed by atoms with Gasteiger partial charge in [-0.15, -0.1) is 0 Å². The summed E-state index contributed by atoms with van der Waals surface area (Å²) in [6, 6.07) is 33.5. The maximum atomic E-state index is 14.9. The molecule has 2 aliphatic heterocycles. The second-order valence-electron chi connectivity index (χ2n) is 12.7. The van der Waals surface area contributed by atoms with E-state index in [0.29, 0.717) is 0 Å². The molecule has 4 heteroatoms. The van der Waals surface area contributed by atoms with Crippen molar-refractivity contribution in [2.24, 2.45) is 0 Å². The highest BCUT2D eigenvalue weighted by atomic mass is 19.1. The molecule has 1 unspecified atom stereocenters. The Kier molecular flexibility index (Phi) is 5.80. The Morgan fingerprint density at radius 3 is 2.20 bits per heavy atom. The van der Waals surface area contributed by atoms with Crippen LogP contribution in [0.5, 0.6) is 5.75 Å². The van der Waals surface area contributed by atoms with E-state index in [9.17, 15) is 4.39 Å². The molecule has 2 fully saturated rings. The van der Waals surface area contributed by atoms with Gasteiger partial charge < -0.3 is 14.4 Å². The van der Waals surface area contributed by atoms with Gasteiger partial charge in [0.15, 0.2) is 5.60 Å². The second kappa shape index (κ2) is 9.80. The molecular formula is C40H34FNO2. The normalized spacial score (nSPS) is 21.2. The standard InChI is InChI=1S/C40H34FNO2/c41-29-14-17-33-35(26-29)39(19-6-7-20-39)37-34-18-21-40(27-8-2-1-3-9-27,44-38(34)32-11-5-4-10-31(32)36(33)37)28-12-15-30(16-13-28)42-22-24-43-25-23-42/h1-5,8-18,21,26H,6-7,19-20,22-25H2. The van der Waals surface area contributed by atoms with Gasteiger partial charge in [-0.25, -0.2) is 4.39 Å². The molecule has 1 atom stereocenters. The largest absolute Gasteiger partial charge is 0.472 e. The highest BCUT2D eigenvalue weighted by Crippen LogP contribution is 2.62.